The van der Waals surface area contributed by atoms with Crippen molar-refractivity contribution >= 4 is 11.7 Å². The third kappa shape index (κ3) is 2.28. The van der Waals surface area contributed by atoms with Crippen LogP contribution in [0, 0.1) is 0 Å². The quantitative estimate of drug-likeness (QED) is 0.692. The van der Waals surface area contributed by atoms with Gasteiger partial charge in [0.15, 0.2) is 0 Å². The fourth-order valence-electron chi connectivity index (χ4n) is 1.35. The molecule has 13 heavy (non-hydrogen) atoms. The predicted molar refractivity (Wildman–Crippen MR) is 50.8 cm³/mol. The first-order chi connectivity index (χ1) is 6.08. The topological polar surface area (TPSA) is 64.7 Å². The second-order valence-electron chi connectivity index (χ2n) is 3.53. The van der Waals surface area contributed by atoms with Gasteiger partial charge in [0.25, 0.3) is 5.90 Å². The molecule has 0 aromatic carbocycles. The van der Waals surface area contributed by atoms with Crippen LogP contribution in [-0.4, -0.2) is 30.4 Å². The van der Waals surface area contributed by atoms with E-state index in [4.69, 9.17) is 10.5 Å². The Morgan fingerprint density at radius 2 is 2.46 bits per heavy atom. The maximum absolute atomic E-state index is 11.7. The number of rotatable bonds is 4. The average Bonchev–Trinajstić information content (AvgIpc) is 2.54. The van der Waals surface area contributed by atoms with Crippen molar-refractivity contribution in [1.29, 1.82) is 0 Å². The lowest BCUT2D eigenvalue weighted by Crippen LogP contribution is -2.48. The van der Waals surface area contributed by atoms with Crippen LogP contribution in [0.15, 0.2) is 4.99 Å². The number of aliphatic imine (C=N–C) groups is 1. The Labute approximate surface area is 78.2 Å². The fourth-order valence-corrected chi connectivity index (χ4v) is 1.35. The maximum atomic E-state index is 11.7. The molecule has 0 spiro atoms. The van der Waals surface area contributed by atoms with Crippen LogP contribution in [0.25, 0.3) is 0 Å². The Morgan fingerprint density at radius 3 is 2.92 bits per heavy atom. The van der Waals surface area contributed by atoms with Crippen molar-refractivity contribution in [2.75, 3.05) is 13.2 Å². The molecular weight excluding hydrogens is 168 g/mol. The van der Waals surface area contributed by atoms with Gasteiger partial charge in [-0.25, -0.2) is 4.99 Å². The number of Topliss-reactive ketones (excluding diaryl/α,β-unsaturated/α-hetero) is 1. The van der Waals surface area contributed by atoms with Crippen LogP contribution in [0.2, 0.25) is 0 Å². The number of carbonyl (C=O) groups excluding carboxylic acids is 1. The van der Waals surface area contributed by atoms with Gasteiger partial charge in [0.1, 0.15) is 6.61 Å². The Morgan fingerprint density at radius 1 is 1.77 bits per heavy atom. The van der Waals surface area contributed by atoms with Gasteiger partial charge in [-0.2, -0.15) is 0 Å². The zero-order valence-electron chi connectivity index (χ0n) is 8.17. The van der Waals surface area contributed by atoms with Crippen molar-refractivity contribution in [1.82, 2.24) is 0 Å². The third-order valence-corrected chi connectivity index (χ3v) is 2.07. The summed E-state index contributed by atoms with van der Waals surface area (Å²) in [6.45, 7) is 4.80. The molecule has 0 aromatic rings. The highest BCUT2D eigenvalue weighted by molar-refractivity contribution is 6.39. The van der Waals surface area contributed by atoms with Gasteiger partial charge in [0.05, 0.1) is 12.1 Å². The van der Waals surface area contributed by atoms with Crippen LogP contribution in [0.3, 0.4) is 0 Å². The highest BCUT2D eigenvalue weighted by atomic mass is 16.5. The molecule has 1 atom stereocenters. The van der Waals surface area contributed by atoms with Crippen molar-refractivity contribution in [3.63, 3.8) is 0 Å². The normalized spacial score (nSPS) is 20.4. The molecule has 1 heterocycles. The zero-order valence-corrected chi connectivity index (χ0v) is 8.17. The first kappa shape index (κ1) is 10.2. The molecule has 0 bridgehead atoms. The van der Waals surface area contributed by atoms with Gasteiger partial charge in [0, 0.05) is 0 Å². The van der Waals surface area contributed by atoms with E-state index >= 15 is 0 Å². The number of nitrogens with zero attached hydrogens (tertiary/aromatic N) is 1. The van der Waals surface area contributed by atoms with Crippen LogP contribution in [0.5, 0.6) is 0 Å². The van der Waals surface area contributed by atoms with E-state index in [2.05, 4.69) is 4.99 Å². The van der Waals surface area contributed by atoms with E-state index in [1.165, 1.54) is 0 Å². The van der Waals surface area contributed by atoms with Gasteiger partial charge in [0.2, 0.25) is 5.78 Å². The molecule has 1 rings (SSSR count). The van der Waals surface area contributed by atoms with Gasteiger partial charge >= 0.3 is 0 Å². The molecule has 0 amide bonds. The van der Waals surface area contributed by atoms with E-state index in [0.717, 1.165) is 6.42 Å². The zero-order chi connectivity index (χ0) is 9.90. The van der Waals surface area contributed by atoms with Crippen molar-refractivity contribution in [2.24, 2.45) is 10.7 Å². The highest BCUT2D eigenvalue weighted by Gasteiger charge is 2.33. The minimum Gasteiger partial charge on any atom is -0.473 e. The molecular formula is C9H16N2O2. The lowest BCUT2D eigenvalue weighted by molar-refractivity contribution is -0.118. The maximum Gasteiger partial charge on any atom is 0.255 e. The van der Waals surface area contributed by atoms with Gasteiger partial charge < -0.3 is 10.5 Å². The molecule has 4 heteroatoms. The number of carbonyl (C=O) groups is 1. The molecule has 0 aliphatic carbocycles. The second-order valence-corrected chi connectivity index (χ2v) is 3.53. The molecule has 0 saturated carbocycles. The van der Waals surface area contributed by atoms with E-state index in [-0.39, 0.29) is 11.7 Å². The van der Waals surface area contributed by atoms with Crippen LogP contribution in [0.1, 0.15) is 26.7 Å². The Balaban J connectivity index is 2.65. The fraction of sp³-hybridized carbons (Fsp3) is 0.778. The van der Waals surface area contributed by atoms with Crippen LogP contribution in [-0.2, 0) is 9.53 Å². The monoisotopic (exact) mass is 184 g/mol. The first-order valence-electron chi connectivity index (χ1n) is 4.59. The summed E-state index contributed by atoms with van der Waals surface area (Å²) in [6, 6.07) is 0. The summed E-state index contributed by atoms with van der Waals surface area (Å²) in [6.07, 6.45) is 1.54. The third-order valence-electron chi connectivity index (χ3n) is 2.07. The highest BCUT2D eigenvalue weighted by Crippen LogP contribution is 2.12. The summed E-state index contributed by atoms with van der Waals surface area (Å²) in [5.74, 6) is 0.0327. The number of hydrogen-bond donors (Lipinski definition) is 1. The molecule has 1 aliphatic heterocycles. The molecule has 2 N–H and O–H groups in total. The number of ketones is 1. The summed E-state index contributed by atoms with van der Waals surface area (Å²) in [4.78, 5) is 15.6. The van der Waals surface area contributed by atoms with E-state index in [1.54, 1.807) is 6.92 Å². The van der Waals surface area contributed by atoms with E-state index < -0.39 is 5.54 Å². The summed E-state index contributed by atoms with van der Waals surface area (Å²) in [5, 5.41) is 0. The largest absolute Gasteiger partial charge is 0.473 e. The van der Waals surface area contributed by atoms with Gasteiger partial charge in [-0.15, -0.1) is 0 Å². The minimum atomic E-state index is -0.822. The molecule has 0 fully saturated rings. The Hall–Kier alpha value is -0.900. The molecule has 0 aromatic heterocycles. The second kappa shape index (κ2) is 3.87. The van der Waals surface area contributed by atoms with Crippen molar-refractivity contribution < 1.29 is 9.53 Å². The first-order valence-corrected chi connectivity index (χ1v) is 4.59. The number of nitrogens with two attached hydrogens (primary N) is 1. The van der Waals surface area contributed by atoms with Crippen molar-refractivity contribution in [3.05, 3.63) is 0 Å². The van der Waals surface area contributed by atoms with Crippen LogP contribution < -0.4 is 5.73 Å². The molecule has 1 unspecified atom stereocenters. The molecule has 4 nitrogen and oxygen atoms in total. The summed E-state index contributed by atoms with van der Waals surface area (Å²) in [7, 11) is 0. The minimum absolute atomic E-state index is 0.174. The van der Waals surface area contributed by atoms with Gasteiger partial charge in [-0.3, -0.25) is 4.79 Å². The average molecular weight is 184 g/mol. The molecule has 0 radical (unpaired) electrons. The van der Waals surface area contributed by atoms with E-state index in [0.29, 0.717) is 19.6 Å². The standard InChI is InChI=1S/C9H16N2O2/c1-3-4-9(2,10)7(12)8-11-5-6-13-8/h3-6,10H2,1-2H3. The van der Waals surface area contributed by atoms with E-state index in [9.17, 15) is 4.79 Å². The Bertz CT molecular complexity index is 234. The smallest absolute Gasteiger partial charge is 0.255 e. The lowest BCUT2D eigenvalue weighted by atomic mass is 9.92. The molecule has 1 aliphatic rings. The number of hydrogen-bond acceptors (Lipinski definition) is 4. The van der Waals surface area contributed by atoms with Crippen LogP contribution >= 0.6 is 0 Å². The Kier molecular flexibility index (Phi) is 3.03. The lowest BCUT2D eigenvalue weighted by Gasteiger charge is -2.21. The summed E-state index contributed by atoms with van der Waals surface area (Å²) in [5.41, 5.74) is 5.02. The summed E-state index contributed by atoms with van der Waals surface area (Å²) < 4.78 is 5.07. The number of ether oxygens (including phenoxy) is 1. The van der Waals surface area contributed by atoms with Crippen molar-refractivity contribution in [2.45, 2.75) is 32.2 Å². The predicted octanol–water partition coefficient (Wildman–Crippen LogP) is 0.502. The van der Waals surface area contributed by atoms with Gasteiger partial charge in [-0.05, 0) is 13.3 Å². The van der Waals surface area contributed by atoms with Crippen molar-refractivity contribution in [3.8, 4) is 0 Å². The molecule has 0 saturated heterocycles. The summed E-state index contributed by atoms with van der Waals surface area (Å²) >= 11 is 0. The van der Waals surface area contributed by atoms with E-state index in [1.807, 2.05) is 6.92 Å². The van der Waals surface area contributed by atoms with Crippen LogP contribution in [0.4, 0.5) is 0 Å². The van der Waals surface area contributed by atoms with Gasteiger partial charge in [-0.1, -0.05) is 13.3 Å². The molecule has 74 valence electrons. The SMILES string of the molecule is CCCC(C)(N)C(=O)C1=NCCO1.